The van der Waals surface area contributed by atoms with Crippen molar-refractivity contribution >= 4 is 33.2 Å². The largest absolute Gasteiger partial charge is 0.320 e. The van der Waals surface area contributed by atoms with Gasteiger partial charge < -0.3 is 10.2 Å². The number of piperidine rings is 1. The van der Waals surface area contributed by atoms with Gasteiger partial charge in [-0.3, -0.25) is 4.79 Å². The maximum Gasteiger partial charge on any atom is 0.256 e. The van der Waals surface area contributed by atoms with Crippen molar-refractivity contribution in [1.29, 1.82) is 5.26 Å². The van der Waals surface area contributed by atoms with Gasteiger partial charge in [-0.2, -0.15) is 5.26 Å². The third kappa shape index (κ3) is 5.48. The Morgan fingerprint density at radius 1 is 1.25 bits per heavy atom. The van der Waals surface area contributed by atoms with Crippen molar-refractivity contribution < 1.29 is 13.2 Å². The van der Waals surface area contributed by atoms with Gasteiger partial charge in [0.1, 0.15) is 6.07 Å². The number of likely N-dealkylation sites (tertiary alicyclic amines) is 1. The normalized spacial score (nSPS) is 16.3. The van der Waals surface area contributed by atoms with E-state index in [1.807, 2.05) is 19.1 Å². The number of anilines is 1. The van der Waals surface area contributed by atoms with Crippen LogP contribution in [-0.2, 0) is 10.0 Å². The molecular weight excluding hydrogens is 448 g/mol. The monoisotopic (exact) mass is 474 g/mol. The van der Waals surface area contributed by atoms with E-state index in [1.54, 1.807) is 25.1 Å². The van der Waals surface area contributed by atoms with Gasteiger partial charge in [-0.25, -0.2) is 13.1 Å². The van der Waals surface area contributed by atoms with Gasteiger partial charge in [0, 0.05) is 11.6 Å². The molecule has 0 aromatic heterocycles. The van der Waals surface area contributed by atoms with E-state index in [2.05, 4.69) is 22.0 Å². The van der Waals surface area contributed by atoms with E-state index in [0.717, 1.165) is 31.5 Å². The number of nitrogens with zero attached hydrogens (tertiary/aromatic N) is 2. The maximum absolute atomic E-state index is 13.0. The molecule has 1 atom stereocenters. The van der Waals surface area contributed by atoms with Crippen LogP contribution in [-0.4, -0.2) is 45.4 Å². The molecular formula is C23H27ClN4O3S. The topological polar surface area (TPSA) is 102 Å². The van der Waals surface area contributed by atoms with Crippen LogP contribution in [0.2, 0.25) is 5.02 Å². The van der Waals surface area contributed by atoms with Crippen molar-refractivity contribution in [2.75, 3.05) is 25.5 Å². The molecule has 0 unspecified atom stereocenters. The number of aryl methyl sites for hydroxylation is 1. The minimum Gasteiger partial charge on any atom is -0.320 e. The van der Waals surface area contributed by atoms with E-state index in [0.29, 0.717) is 5.56 Å². The van der Waals surface area contributed by atoms with E-state index in [-0.39, 0.29) is 33.1 Å². The number of halogens is 1. The number of sulfonamides is 1. The van der Waals surface area contributed by atoms with Gasteiger partial charge in [0.05, 0.1) is 21.2 Å². The van der Waals surface area contributed by atoms with E-state index in [4.69, 9.17) is 11.6 Å². The average molecular weight is 475 g/mol. The molecule has 0 spiro atoms. The Kier molecular flexibility index (Phi) is 7.57. The van der Waals surface area contributed by atoms with Crippen LogP contribution in [0, 0.1) is 24.2 Å². The third-order valence-corrected chi connectivity index (χ3v) is 7.77. The molecule has 170 valence electrons. The van der Waals surface area contributed by atoms with Gasteiger partial charge >= 0.3 is 0 Å². The molecule has 9 heteroatoms. The van der Waals surface area contributed by atoms with Crippen molar-refractivity contribution in [2.45, 2.75) is 37.6 Å². The molecule has 0 radical (unpaired) electrons. The number of carbonyl (C=O) groups is 1. The highest BCUT2D eigenvalue weighted by Crippen LogP contribution is 2.31. The molecule has 7 nitrogen and oxygen atoms in total. The van der Waals surface area contributed by atoms with Crippen LogP contribution in [0.5, 0.6) is 0 Å². The second-order valence-corrected chi connectivity index (χ2v) is 10.4. The van der Waals surface area contributed by atoms with Crippen molar-refractivity contribution in [2.24, 2.45) is 5.92 Å². The van der Waals surface area contributed by atoms with Crippen LogP contribution in [0.4, 0.5) is 5.69 Å². The van der Waals surface area contributed by atoms with Gasteiger partial charge in [0.15, 0.2) is 0 Å². The number of hydrogen-bond acceptors (Lipinski definition) is 5. The molecule has 2 aromatic carbocycles. The Bertz CT molecular complexity index is 1150. The van der Waals surface area contributed by atoms with Gasteiger partial charge in [-0.1, -0.05) is 29.8 Å². The maximum atomic E-state index is 13.0. The minimum absolute atomic E-state index is 0.0155. The van der Waals surface area contributed by atoms with Crippen molar-refractivity contribution in [3.05, 3.63) is 58.1 Å². The first-order valence-corrected chi connectivity index (χ1v) is 12.3. The van der Waals surface area contributed by atoms with Crippen LogP contribution in [0.1, 0.15) is 41.3 Å². The highest BCUT2D eigenvalue weighted by molar-refractivity contribution is 7.89. The van der Waals surface area contributed by atoms with E-state index in [1.165, 1.54) is 12.1 Å². The molecule has 0 aliphatic carbocycles. The Morgan fingerprint density at radius 3 is 2.53 bits per heavy atom. The zero-order valence-electron chi connectivity index (χ0n) is 18.4. The number of hydrogen-bond donors (Lipinski definition) is 2. The van der Waals surface area contributed by atoms with Crippen LogP contribution in [0.15, 0.2) is 41.3 Å². The summed E-state index contributed by atoms with van der Waals surface area (Å²) in [5.74, 6) is -0.189. The van der Waals surface area contributed by atoms with Crippen molar-refractivity contribution in [3.8, 4) is 6.07 Å². The SMILES string of the molecule is Cc1ccccc1C(=O)Nc1c(Cl)cc(S(=O)(=O)N[C@H](C)C2CCN(C)CC2)cc1C#N. The van der Waals surface area contributed by atoms with E-state index >= 15 is 0 Å². The Hall–Kier alpha value is -2.44. The fourth-order valence-electron chi connectivity index (χ4n) is 3.90. The van der Waals surface area contributed by atoms with Gasteiger partial charge in [0.25, 0.3) is 5.91 Å². The molecule has 2 N–H and O–H groups in total. The van der Waals surface area contributed by atoms with Crippen LogP contribution >= 0.6 is 11.6 Å². The fourth-order valence-corrected chi connectivity index (χ4v) is 5.59. The molecule has 1 aliphatic rings. The first-order valence-electron chi connectivity index (χ1n) is 10.4. The highest BCUT2D eigenvalue weighted by Gasteiger charge is 2.28. The molecule has 1 aliphatic heterocycles. The van der Waals surface area contributed by atoms with Gasteiger partial charge in [-0.05, 0) is 76.5 Å². The molecule has 1 saturated heterocycles. The molecule has 1 amide bonds. The molecule has 3 rings (SSSR count). The van der Waals surface area contributed by atoms with E-state index in [9.17, 15) is 18.5 Å². The Morgan fingerprint density at radius 2 is 1.91 bits per heavy atom. The number of amides is 1. The predicted molar refractivity (Wildman–Crippen MR) is 125 cm³/mol. The summed E-state index contributed by atoms with van der Waals surface area (Å²) in [6.45, 7) is 5.51. The summed E-state index contributed by atoms with van der Waals surface area (Å²) >= 11 is 6.33. The number of rotatable bonds is 6. The van der Waals surface area contributed by atoms with Crippen molar-refractivity contribution in [1.82, 2.24) is 9.62 Å². The summed E-state index contributed by atoms with van der Waals surface area (Å²) in [6, 6.07) is 11.2. The zero-order valence-corrected chi connectivity index (χ0v) is 19.9. The number of benzene rings is 2. The molecule has 1 heterocycles. The van der Waals surface area contributed by atoms with E-state index < -0.39 is 15.9 Å². The third-order valence-electron chi connectivity index (χ3n) is 5.93. The van der Waals surface area contributed by atoms with Gasteiger partial charge in [0.2, 0.25) is 10.0 Å². The van der Waals surface area contributed by atoms with Crippen LogP contribution in [0.3, 0.4) is 0 Å². The lowest BCUT2D eigenvalue weighted by Crippen LogP contribution is -2.43. The molecule has 0 bridgehead atoms. The molecule has 32 heavy (non-hydrogen) atoms. The highest BCUT2D eigenvalue weighted by atomic mass is 35.5. The second kappa shape index (κ2) is 10.0. The summed E-state index contributed by atoms with van der Waals surface area (Å²) in [6.07, 6.45) is 1.82. The Labute approximate surface area is 194 Å². The van der Waals surface area contributed by atoms with Crippen molar-refractivity contribution in [3.63, 3.8) is 0 Å². The number of carbonyl (C=O) groups excluding carboxylic acids is 1. The first kappa shape index (κ1) is 24.2. The molecule has 2 aromatic rings. The van der Waals surface area contributed by atoms with Crippen LogP contribution < -0.4 is 10.0 Å². The van der Waals surface area contributed by atoms with Crippen LogP contribution in [0.25, 0.3) is 0 Å². The number of nitriles is 1. The minimum atomic E-state index is -3.89. The lowest BCUT2D eigenvalue weighted by Gasteiger charge is -2.32. The standard InChI is InChI=1S/C23H27ClN4O3S/c1-15-6-4-5-7-20(15)23(29)26-22-18(14-25)12-19(13-21(22)24)32(30,31)27-16(2)17-8-10-28(3)11-9-17/h4-7,12-13,16-17,27H,8-11H2,1-3H3,(H,26,29)/t16-/m1/s1. The fraction of sp³-hybridized carbons (Fsp3) is 0.391. The summed E-state index contributed by atoms with van der Waals surface area (Å²) < 4.78 is 28.7. The molecule has 0 saturated carbocycles. The Balaban J connectivity index is 1.83. The summed E-state index contributed by atoms with van der Waals surface area (Å²) in [5, 5.41) is 12.2. The lowest BCUT2D eigenvalue weighted by atomic mass is 9.91. The summed E-state index contributed by atoms with van der Waals surface area (Å²) in [7, 11) is -1.84. The smallest absolute Gasteiger partial charge is 0.256 e. The summed E-state index contributed by atoms with van der Waals surface area (Å²) in [5.41, 5.74) is 1.28. The first-order chi connectivity index (χ1) is 15.1. The lowest BCUT2D eigenvalue weighted by molar-refractivity contribution is 0.102. The quantitative estimate of drug-likeness (QED) is 0.663. The summed E-state index contributed by atoms with van der Waals surface area (Å²) in [4.78, 5) is 14.8. The predicted octanol–water partition coefficient (Wildman–Crippen LogP) is 3.78. The molecule has 1 fully saturated rings. The average Bonchev–Trinajstić information content (AvgIpc) is 2.75. The van der Waals surface area contributed by atoms with Gasteiger partial charge in [-0.15, -0.1) is 0 Å². The second-order valence-electron chi connectivity index (χ2n) is 8.26. The zero-order chi connectivity index (χ0) is 23.5. The number of nitrogens with one attached hydrogen (secondary N) is 2.